The molecular formula is C11H15ClN2O. The second-order valence-corrected chi connectivity index (χ2v) is 4.78. The lowest BCUT2D eigenvalue weighted by atomic mass is 9.81. The van der Waals surface area contributed by atoms with Gasteiger partial charge in [0.15, 0.2) is 5.78 Å². The Morgan fingerprint density at radius 1 is 1.60 bits per heavy atom. The molecule has 1 aromatic rings. The normalized spacial score (nSPS) is 16.8. The summed E-state index contributed by atoms with van der Waals surface area (Å²) in [7, 11) is 0. The van der Waals surface area contributed by atoms with E-state index in [1.807, 2.05) is 13.8 Å². The van der Waals surface area contributed by atoms with Crippen molar-refractivity contribution in [2.75, 3.05) is 0 Å². The molecule has 2 rings (SSSR count). The molecule has 1 saturated carbocycles. The maximum Gasteiger partial charge on any atom is 0.185 e. The highest BCUT2D eigenvalue weighted by molar-refractivity contribution is 6.33. The Morgan fingerprint density at radius 3 is 2.73 bits per heavy atom. The van der Waals surface area contributed by atoms with Gasteiger partial charge >= 0.3 is 0 Å². The minimum atomic E-state index is 0.164. The number of carbonyl (C=O) groups is 1. The zero-order valence-electron chi connectivity index (χ0n) is 9.03. The van der Waals surface area contributed by atoms with Crippen molar-refractivity contribution >= 4 is 17.4 Å². The van der Waals surface area contributed by atoms with Crippen molar-refractivity contribution in [1.82, 2.24) is 9.78 Å². The quantitative estimate of drug-likeness (QED) is 0.743. The fourth-order valence-corrected chi connectivity index (χ4v) is 2.05. The lowest BCUT2D eigenvalue weighted by Gasteiger charge is -2.24. The van der Waals surface area contributed by atoms with Crippen LogP contribution in [0.15, 0.2) is 6.20 Å². The smallest absolute Gasteiger partial charge is 0.185 e. The molecule has 1 aliphatic rings. The average molecular weight is 227 g/mol. The maximum atomic E-state index is 12.1. The van der Waals surface area contributed by atoms with E-state index in [1.165, 1.54) is 0 Å². The minimum Gasteiger partial charge on any atom is -0.292 e. The zero-order valence-corrected chi connectivity index (χ0v) is 9.79. The van der Waals surface area contributed by atoms with E-state index < -0.39 is 0 Å². The fourth-order valence-electron chi connectivity index (χ4n) is 1.83. The molecule has 15 heavy (non-hydrogen) atoms. The van der Waals surface area contributed by atoms with E-state index in [1.54, 1.807) is 10.9 Å². The van der Waals surface area contributed by atoms with E-state index >= 15 is 0 Å². The highest BCUT2D eigenvalue weighted by Crippen LogP contribution is 2.32. The van der Waals surface area contributed by atoms with Gasteiger partial charge in [0.1, 0.15) is 5.69 Å². The Labute approximate surface area is 94.4 Å². The van der Waals surface area contributed by atoms with Crippen molar-refractivity contribution in [3.63, 3.8) is 0 Å². The monoisotopic (exact) mass is 226 g/mol. The first kappa shape index (κ1) is 10.7. The summed E-state index contributed by atoms with van der Waals surface area (Å²) in [4.78, 5) is 12.1. The van der Waals surface area contributed by atoms with Gasteiger partial charge in [-0.3, -0.25) is 9.48 Å². The fraction of sp³-hybridized carbons (Fsp3) is 0.636. The van der Waals surface area contributed by atoms with Crippen LogP contribution in [0.1, 0.15) is 49.6 Å². The third kappa shape index (κ3) is 1.81. The summed E-state index contributed by atoms with van der Waals surface area (Å²) in [6, 6.07) is 0.177. The van der Waals surface area contributed by atoms with Crippen LogP contribution in [-0.2, 0) is 0 Å². The van der Waals surface area contributed by atoms with Crippen molar-refractivity contribution in [2.24, 2.45) is 5.92 Å². The second kappa shape index (κ2) is 3.97. The van der Waals surface area contributed by atoms with Crippen LogP contribution in [0.4, 0.5) is 0 Å². The first-order valence-corrected chi connectivity index (χ1v) is 5.76. The Morgan fingerprint density at radius 2 is 2.27 bits per heavy atom. The molecule has 0 aromatic carbocycles. The number of halogens is 1. The van der Waals surface area contributed by atoms with Crippen LogP contribution in [0.3, 0.4) is 0 Å². The van der Waals surface area contributed by atoms with E-state index in [-0.39, 0.29) is 17.7 Å². The molecule has 0 saturated heterocycles. The SMILES string of the molecule is CC(C)n1ncc(Cl)c1C(=O)C1CCC1. The van der Waals surface area contributed by atoms with E-state index in [9.17, 15) is 4.79 Å². The first-order chi connectivity index (χ1) is 7.11. The first-order valence-electron chi connectivity index (χ1n) is 5.38. The van der Waals surface area contributed by atoms with E-state index in [0.29, 0.717) is 10.7 Å². The number of rotatable bonds is 3. The number of aromatic nitrogens is 2. The van der Waals surface area contributed by atoms with Crippen LogP contribution in [0, 0.1) is 5.92 Å². The van der Waals surface area contributed by atoms with Crippen LogP contribution in [0.5, 0.6) is 0 Å². The van der Waals surface area contributed by atoms with Gasteiger partial charge in [0.2, 0.25) is 0 Å². The summed E-state index contributed by atoms with van der Waals surface area (Å²) in [5, 5.41) is 4.63. The highest BCUT2D eigenvalue weighted by atomic mass is 35.5. The molecule has 0 radical (unpaired) electrons. The van der Waals surface area contributed by atoms with Gasteiger partial charge in [0.25, 0.3) is 0 Å². The summed E-state index contributed by atoms with van der Waals surface area (Å²) in [6.07, 6.45) is 4.72. The molecule has 0 unspecified atom stereocenters. The standard InChI is InChI=1S/C11H15ClN2O/c1-7(2)14-10(9(12)6-13-14)11(15)8-4-3-5-8/h6-8H,3-5H2,1-2H3. The second-order valence-electron chi connectivity index (χ2n) is 4.37. The van der Waals surface area contributed by atoms with Gasteiger partial charge in [-0.1, -0.05) is 18.0 Å². The van der Waals surface area contributed by atoms with E-state index in [2.05, 4.69) is 5.10 Å². The summed E-state index contributed by atoms with van der Waals surface area (Å²) in [5.41, 5.74) is 0.594. The van der Waals surface area contributed by atoms with E-state index in [0.717, 1.165) is 19.3 Å². The Bertz CT molecular complexity index is 380. The topological polar surface area (TPSA) is 34.9 Å². The molecule has 0 bridgehead atoms. The molecule has 1 aliphatic carbocycles. The van der Waals surface area contributed by atoms with Crippen LogP contribution in [-0.4, -0.2) is 15.6 Å². The van der Waals surface area contributed by atoms with Gasteiger partial charge in [0, 0.05) is 12.0 Å². The molecular weight excluding hydrogens is 212 g/mol. The number of nitrogens with zero attached hydrogens (tertiary/aromatic N) is 2. The van der Waals surface area contributed by atoms with Crippen LogP contribution >= 0.6 is 11.6 Å². The van der Waals surface area contributed by atoms with Crippen molar-refractivity contribution in [1.29, 1.82) is 0 Å². The Balaban J connectivity index is 2.32. The van der Waals surface area contributed by atoms with Gasteiger partial charge in [-0.25, -0.2) is 0 Å². The largest absolute Gasteiger partial charge is 0.292 e. The summed E-state index contributed by atoms with van der Waals surface area (Å²) < 4.78 is 1.73. The summed E-state index contributed by atoms with van der Waals surface area (Å²) >= 11 is 6.00. The third-order valence-corrected chi connectivity index (χ3v) is 3.23. The summed E-state index contributed by atoms with van der Waals surface area (Å²) in [5.74, 6) is 0.342. The predicted octanol–water partition coefficient (Wildman–Crippen LogP) is 3.10. The van der Waals surface area contributed by atoms with Crippen LogP contribution in [0.25, 0.3) is 0 Å². The highest BCUT2D eigenvalue weighted by Gasteiger charge is 2.30. The summed E-state index contributed by atoms with van der Waals surface area (Å²) in [6.45, 7) is 4.00. The molecule has 82 valence electrons. The number of hydrogen-bond acceptors (Lipinski definition) is 2. The van der Waals surface area contributed by atoms with Gasteiger partial charge in [-0.2, -0.15) is 5.10 Å². The maximum absolute atomic E-state index is 12.1. The molecule has 1 heterocycles. The predicted molar refractivity (Wildman–Crippen MR) is 59.3 cm³/mol. The number of hydrogen-bond donors (Lipinski definition) is 0. The van der Waals surface area contributed by atoms with Crippen molar-refractivity contribution in [3.05, 3.63) is 16.9 Å². The van der Waals surface area contributed by atoms with Gasteiger partial charge < -0.3 is 0 Å². The number of Topliss-reactive ketones (excluding diaryl/α,β-unsaturated/α-hetero) is 1. The molecule has 1 fully saturated rings. The van der Waals surface area contributed by atoms with Crippen molar-refractivity contribution in [2.45, 2.75) is 39.2 Å². The van der Waals surface area contributed by atoms with Crippen LogP contribution < -0.4 is 0 Å². The molecule has 3 nitrogen and oxygen atoms in total. The third-order valence-electron chi connectivity index (χ3n) is 2.95. The molecule has 0 amide bonds. The molecule has 4 heteroatoms. The average Bonchev–Trinajstić information content (AvgIpc) is 2.43. The number of carbonyl (C=O) groups excluding carboxylic acids is 1. The van der Waals surface area contributed by atoms with Gasteiger partial charge in [0.05, 0.1) is 11.2 Å². The van der Waals surface area contributed by atoms with E-state index in [4.69, 9.17) is 11.6 Å². The molecule has 0 spiro atoms. The van der Waals surface area contributed by atoms with Gasteiger partial charge in [-0.05, 0) is 26.7 Å². The lowest BCUT2D eigenvalue weighted by molar-refractivity contribution is 0.0842. The Kier molecular flexibility index (Phi) is 2.83. The molecule has 1 aromatic heterocycles. The molecule has 0 N–H and O–H groups in total. The Hall–Kier alpha value is -0.830. The van der Waals surface area contributed by atoms with Crippen molar-refractivity contribution < 1.29 is 4.79 Å². The van der Waals surface area contributed by atoms with Crippen molar-refractivity contribution in [3.8, 4) is 0 Å². The van der Waals surface area contributed by atoms with Crippen LogP contribution in [0.2, 0.25) is 5.02 Å². The zero-order chi connectivity index (χ0) is 11.0. The molecule has 0 aliphatic heterocycles. The number of ketones is 1. The van der Waals surface area contributed by atoms with Gasteiger partial charge in [-0.15, -0.1) is 0 Å². The molecule has 0 atom stereocenters. The minimum absolute atomic E-state index is 0.164. The lowest BCUT2D eigenvalue weighted by Crippen LogP contribution is -2.25.